The number of amides is 1. The zero-order valence-corrected chi connectivity index (χ0v) is 21.3. The molecule has 0 saturated carbocycles. The molecule has 1 N–H and O–H groups in total. The molecule has 186 valence electrons. The molecule has 0 radical (unpaired) electrons. The Labute approximate surface area is 212 Å². The molecule has 0 spiro atoms. The van der Waals surface area contributed by atoms with Gasteiger partial charge < -0.3 is 9.73 Å². The van der Waals surface area contributed by atoms with Gasteiger partial charge in [-0.1, -0.05) is 42.0 Å². The van der Waals surface area contributed by atoms with Crippen molar-refractivity contribution in [2.24, 2.45) is 5.92 Å². The van der Waals surface area contributed by atoms with Crippen LogP contribution in [0.25, 0.3) is 11.0 Å². The van der Waals surface area contributed by atoms with Crippen LogP contribution >= 0.6 is 0 Å². The van der Waals surface area contributed by atoms with Crippen LogP contribution in [0.4, 0.5) is 5.69 Å². The quantitative estimate of drug-likeness (QED) is 0.354. The molecular weight excluding hydrogens is 472 g/mol. The summed E-state index contributed by atoms with van der Waals surface area (Å²) in [5.41, 5.74) is 4.34. The van der Waals surface area contributed by atoms with Crippen molar-refractivity contribution in [2.75, 3.05) is 18.4 Å². The van der Waals surface area contributed by atoms with Crippen molar-refractivity contribution >= 4 is 32.6 Å². The van der Waals surface area contributed by atoms with E-state index in [2.05, 4.69) is 17.4 Å². The molecule has 1 fully saturated rings. The molecule has 2 heterocycles. The van der Waals surface area contributed by atoms with E-state index < -0.39 is 10.0 Å². The van der Waals surface area contributed by atoms with E-state index in [1.54, 1.807) is 28.6 Å². The van der Waals surface area contributed by atoms with Gasteiger partial charge >= 0.3 is 0 Å². The molecule has 3 aromatic carbocycles. The Bertz CT molecular complexity index is 1480. The Kier molecular flexibility index (Phi) is 6.69. The minimum atomic E-state index is -3.58. The fourth-order valence-corrected chi connectivity index (χ4v) is 6.37. The van der Waals surface area contributed by atoms with Crippen molar-refractivity contribution < 1.29 is 17.6 Å². The van der Waals surface area contributed by atoms with Gasteiger partial charge in [-0.25, -0.2) is 8.42 Å². The molecule has 0 bridgehead atoms. The second-order valence-corrected chi connectivity index (χ2v) is 11.5. The minimum Gasteiger partial charge on any atom is -0.451 e. The number of aryl methyl sites for hydroxylation is 2. The standard InChI is InChI=1S/C29H30N2O4S/c1-20-8-13-27-26(18-20)21(2)28(35-27)29(32)30-24-9-11-25(12-10-24)36(33,34)31-16-14-23(15-17-31)19-22-6-4-3-5-7-22/h3-13,18,23H,14-17,19H2,1-2H3,(H,30,32). The highest BCUT2D eigenvalue weighted by Crippen LogP contribution is 2.29. The van der Waals surface area contributed by atoms with Gasteiger partial charge in [0, 0.05) is 29.7 Å². The van der Waals surface area contributed by atoms with Crippen LogP contribution in [0.5, 0.6) is 0 Å². The number of rotatable bonds is 6. The SMILES string of the molecule is Cc1ccc2oc(C(=O)Nc3ccc(S(=O)(=O)N4CCC(Cc5ccccc5)CC4)cc3)c(C)c2c1. The van der Waals surface area contributed by atoms with Crippen LogP contribution in [-0.2, 0) is 16.4 Å². The number of hydrogen-bond acceptors (Lipinski definition) is 4. The van der Waals surface area contributed by atoms with Crippen LogP contribution in [0, 0.1) is 19.8 Å². The lowest BCUT2D eigenvalue weighted by Crippen LogP contribution is -2.38. The first kappa shape index (κ1) is 24.3. The number of anilines is 1. The summed E-state index contributed by atoms with van der Waals surface area (Å²) < 4.78 is 33.8. The van der Waals surface area contributed by atoms with E-state index >= 15 is 0 Å². The first-order valence-corrected chi connectivity index (χ1v) is 13.7. The molecule has 1 aliphatic rings. The van der Waals surface area contributed by atoms with Crippen molar-refractivity contribution in [3.63, 3.8) is 0 Å². The summed E-state index contributed by atoms with van der Waals surface area (Å²) in [6.07, 6.45) is 2.67. The summed E-state index contributed by atoms with van der Waals surface area (Å²) in [5, 5.41) is 3.73. The van der Waals surface area contributed by atoms with Gasteiger partial charge in [0.25, 0.3) is 5.91 Å². The maximum atomic E-state index is 13.2. The number of carbonyl (C=O) groups is 1. The summed E-state index contributed by atoms with van der Waals surface area (Å²) in [5.74, 6) is 0.380. The van der Waals surface area contributed by atoms with Crippen LogP contribution in [0.15, 0.2) is 82.1 Å². The molecule has 36 heavy (non-hydrogen) atoms. The first-order chi connectivity index (χ1) is 17.3. The maximum absolute atomic E-state index is 13.2. The number of furan rings is 1. The second kappa shape index (κ2) is 9.91. The molecule has 0 atom stereocenters. The zero-order chi connectivity index (χ0) is 25.3. The number of carbonyl (C=O) groups excluding carboxylic acids is 1. The third-order valence-corrected chi connectivity index (χ3v) is 8.90. The minimum absolute atomic E-state index is 0.234. The molecule has 1 aliphatic heterocycles. The molecule has 0 aliphatic carbocycles. The number of sulfonamides is 1. The van der Waals surface area contributed by atoms with Crippen LogP contribution in [-0.4, -0.2) is 31.7 Å². The van der Waals surface area contributed by atoms with Gasteiger partial charge in [0.2, 0.25) is 10.0 Å². The summed E-state index contributed by atoms with van der Waals surface area (Å²) in [7, 11) is -3.58. The van der Waals surface area contributed by atoms with Gasteiger partial charge in [-0.2, -0.15) is 4.31 Å². The van der Waals surface area contributed by atoms with Crippen molar-refractivity contribution in [3.8, 4) is 0 Å². The van der Waals surface area contributed by atoms with Crippen LogP contribution < -0.4 is 5.32 Å². The Morgan fingerprint density at radius 2 is 1.67 bits per heavy atom. The van der Waals surface area contributed by atoms with Crippen molar-refractivity contribution in [1.82, 2.24) is 4.31 Å². The maximum Gasteiger partial charge on any atom is 0.291 e. The molecular formula is C29H30N2O4S. The van der Waals surface area contributed by atoms with Gasteiger partial charge in [0.15, 0.2) is 5.76 Å². The molecule has 1 saturated heterocycles. The van der Waals surface area contributed by atoms with E-state index in [0.717, 1.165) is 35.8 Å². The predicted molar refractivity (Wildman–Crippen MR) is 142 cm³/mol. The molecule has 7 heteroatoms. The lowest BCUT2D eigenvalue weighted by molar-refractivity contribution is 0.0998. The highest BCUT2D eigenvalue weighted by Gasteiger charge is 2.29. The number of nitrogens with zero attached hydrogens (tertiary/aromatic N) is 1. The fraction of sp³-hybridized carbons (Fsp3) is 0.276. The molecule has 1 aromatic heterocycles. The van der Waals surface area contributed by atoms with E-state index in [1.807, 2.05) is 50.2 Å². The Balaban J connectivity index is 1.23. The van der Waals surface area contributed by atoms with E-state index in [-0.39, 0.29) is 16.6 Å². The summed E-state index contributed by atoms with van der Waals surface area (Å²) >= 11 is 0. The molecule has 0 unspecified atom stereocenters. The average Bonchev–Trinajstić information content (AvgIpc) is 3.21. The van der Waals surface area contributed by atoms with Gasteiger partial charge in [-0.05, 0) is 81.0 Å². The Morgan fingerprint density at radius 1 is 0.972 bits per heavy atom. The normalized spacial score (nSPS) is 15.3. The topological polar surface area (TPSA) is 79.6 Å². The summed E-state index contributed by atoms with van der Waals surface area (Å²) in [4.78, 5) is 13.1. The van der Waals surface area contributed by atoms with Gasteiger partial charge in [-0.15, -0.1) is 0 Å². The van der Waals surface area contributed by atoms with E-state index in [9.17, 15) is 13.2 Å². The van der Waals surface area contributed by atoms with Crippen LogP contribution in [0.3, 0.4) is 0 Å². The highest BCUT2D eigenvalue weighted by atomic mass is 32.2. The summed E-state index contributed by atoms with van der Waals surface area (Å²) in [6, 6.07) is 22.5. The molecule has 4 aromatic rings. The average molecular weight is 503 g/mol. The number of piperidine rings is 1. The first-order valence-electron chi connectivity index (χ1n) is 12.3. The van der Waals surface area contributed by atoms with Crippen LogP contribution in [0.1, 0.15) is 40.1 Å². The lowest BCUT2D eigenvalue weighted by Gasteiger charge is -2.31. The lowest BCUT2D eigenvalue weighted by atomic mass is 9.91. The number of nitrogens with one attached hydrogen (secondary N) is 1. The monoisotopic (exact) mass is 502 g/mol. The Hall–Kier alpha value is -3.42. The largest absolute Gasteiger partial charge is 0.451 e. The predicted octanol–water partition coefficient (Wildman–Crippen LogP) is 5.95. The zero-order valence-electron chi connectivity index (χ0n) is 20.5. The van der Waals surface area contributed by atoms with E-state index in [0.29, 0.717) is 30.3 Å². The van der Waals surface area contributed by atoms with E-state index in [4.69, 9.17) is 4.42 Å². The fourth-order valence-electron chi connectivity index (χ4n) is 4.90. The van der Waals surface area contributed by atoms with E-state index in [1.165, 1.54) is 5.56 Å². The smallest absolute Gasteiger partial charge is 0.291 e. The third kappa shape index (κ3) is 4.94. The summed E-state index contributed by atoms with van der Waals surface area (Å²) in [6.45, 7) is 4.89. The Morgan fingerprint density at radius 3 is 2.36 bits per heavy atom. The number of hydrogen-bond donors (Lipinski definition) is 1. The van der Waals surface area contributed by atoms with Crippen LogP contribution in [0.2, 0.25) is 0 Å². The molecule has 1 amide bonds. The van der Waals surface area contributed by atoms with Crippen molar-refractivity contribution in [3.05, 3.63) is 95.2 Å². The highest BCUT2D eigenvalue weighted by molar-refractivity contribution is 7.89. The molecule has 6 nitrogen and oxygen atoms in total. The van der Waals surface area contributed by atoms with Crippen molar-refractivity contribution in [2.45, 2.75) is 38.0 Å². The number of benzene rings is 3. The third-order valence-electron chi connectivity index (χ3n) is 6.99. The second-order valence-electron chi connectivity index (χ2n) is 9.57. The van der Waals surface area contributed by atoms with Gasteiger partial charge in [-0.3, -0.25) is 4.79 Å². The van der Waals surface area contributed by atoms with Gasteiger partial charge in [0.1, 0.15) is 5.58 Å². The van der Waals surface area contributed by atoms with Gasteiger partial charge in [0.05, 0.1) is 4.90 Å². The van der Waals surface area contributed by atoms with Crippen molar-refractivity contribution in [1.29, 1.82) is 0 Å². The molecule has 5 rings (SSSR count). The number of fused-ring (bicyclic) bond motifs is 1.